The molecule has 144 valence electrons. The van der Waals surface area contributed by atoms with E-state index in [-0.39, 0.29) is 12.5 Å². The largest absolute Gasteiger partial charge is 0.448 e. The number of amides is 1. The fraction of sp³-hybridized carbons (Fsp3) is 0.200. The fourth-order valence-electron chi connectivity index (χ4n) is 4.63. The molecule has 29 heavy (non-hydrogen) atoms. The van der Waals surface area contributed by atoms with Crippen LogP contribution in [0.15, 0.2) is 72.8 Å². The fourth-order valence-corrected chi connectivity index (χ4v) is 4.63. The van der Waals surface area contributed by atoms with Gasteiger partial charge in [-0.25, -0.2) is 4.79 Å². The maximum absolute atomic E-state index is 12.9. The lowest BCUT2D eigenvalue weighted by Gasteiger charge is -2.33. The molecule has 5 rings (SSSR count). The van der Waals surface area contributed by atoms with Gasteiger partial charge in [0.05, 0.1) is 0 Å². The number of hydrogen-bond acceptors (Lipinski definition) is 3. The molecule has 4 nitrogen and oxygen atoms in total. The van der Waals surface area contributed by atoms with Crippen molar-refractivity contribution in [1.29, 1.82) is 0 Å². The van der Waals surface area contributed by atoms with Crippen LogP contribution in [-0.4, -0.2) is 30.4 Å². The summed E-state index contributed by atoms with van der Waals surface area (Å²) in [6.45, 7) is 0.744. The van der Waals surface area contributed by atoms with Gasteiger partial charge in [0.1, 0.15) is 18.9 Å². The molecule has 3 aromatic carbocycles. The maximum Gasteiger partial charge on any atom is 0.410 e. The van der Waals surface area contributed by atoms with Crippen LogP contribution in [0.3, 0.4) is 0 Å². The van der Waals surface area contributed by atoms with Gasteiger partial charge < -0.3 is 9.53 Å². The highest BCUT2D eigenvalue weighted by Gasteiger charge is 2.33. The minimum atomic E-state index is -0.587. The molecule has 1 amide bonds. The van der Waals surface area contributed by atoms with Crippen molar-refractivity contribution in [3.05, 3.63) is 95.1 Å². The third kappa shape index (κ3) is 2.92. The Kier molecular flexibility index (Phi) is 4.39. The van der Waals surface area contributed by atoms with Crippen molar-refractivity contribution in [3.63, 3.8) is 0 Å². The predicted molar refractivity (Wildman–Crippen MR) is 111 cm³/mol. The molecular formula is C25H21NO3. The molecule has 1 heterocycles. The zero-order chi connectivity index (χ0) is 19.8. The summed E-state index contributed by atoms with van der Waals surface area (Å²) in [5.74, 6) is 0.0121. The monoisotopic (exact) mass is 383 g/mol. The molecular weight excluding hydrogens is 362 g/mol. The lowest BCUT2D eigenvalue weighted by Crippen LogP contribution is -2.41. The quantitative estimate of drug-likeness (QED) is 0.614. The van der Waals surface area contributed by atoms with Crippen LogP contribution in [0.2, 0.25) is 0 Å². The molecule has 0 spiro atoms. The van der Waals surface area contributed by atoms with Crippen molar-refractivity contribution in [2.24, 2.45) is 0 Å². The maximum atomic E-state index is 12.9. The second-order valence-corrected chi connectivity index (χ2v) is 7.53. The number of fused-ring (bicyclic) bond motifs is 4. The number of aldehydes is 1. The molecule has 0 aromatic heterocycles. The average molecular weight is 383 g/mol. The highest BCUT2D eigenvalue weighted by Crippen LogP contribution is 2.44. The van der Waals surface area contributed by atoms with E-state index in [1.54, 1.807) is 4.90 Å². The van der Waals surface area contributed by atoms with Gasteiger partial charge in [-0.3, -0.25) is 4.90 Å². The second-order valence-electron chi connectivity index (χ2n) is 7.53. The van der Waals surface area contributed by atoms with Crippen LogP contribution in [0, 0.1) is 0 Å². The summed E-state index contributed by atoms with van der Waals surface area (Å²) in [4.78, 5) is 26.2. The van der Waals surface area contributed by atoms with E-state index in [4.69, 9.17) is 4.74 Å². The van der Waals surface area contributed by atoms with Gasteiger partial charge >= 0.3 is 6.09 Å². The number of rotatable bonds is 3. The van der Waals surface area contributed by atoms with Gasteiger partial charge in [0.25, 0.3) is 0 Å². The van der Waals surface area contributed by atoms with Crippen LogP contribution in [0.1, 0.15) is 34.2 Å². The first-order valence-corrected chi connectivity index (χ1v) is 9.92. The highest BCUT2D eigenvalue weighted by atomic mass is 16.6. The van der Waals surface area contributed by atoms with Gasteiger partial charge in [-0.05, 0) is 39.8 Å². The van der Waals surface area contributed by atoms with Crippen molar-refractivity contribution in [3.8, 4) is 11.1 Å². The van der Waals surface area contributed by atoms with Gasteiger partial charge in [0.15, 0.2) is 0 Å². The molecule has 0 unspecified atom stereocenters. The van der Waals surface area contributed by atoms with E-state index >= 15 is 0 Å². The van der Waals surface area contributed by atoms with Gasteiger partial charge in [-0.2, -0.15) is 0 Å². The summed E-state index contributed by atoms with van der Waals surface area (Å²) >= 11 is 0. The first-order chi connectivity index (χ1) is 14.3. The molecule has 0 radical (unpaired) electrons. The number of ether oxygens (including phenoxy) is 1. The SMILES string of the molecule is O=C[C@@H]1c2ccccc2CCN1C(=O)OCC1c2ccccc2-c2ccccc21. The highest BCUT2D eigenvalue weighted by molar-refractivity contribution is 5.79. The molecule has 1 atom stereocenters. The van der Waals surface area contributed by atoms with Crippen LogP contribution in [0.5, 0.6) is 0 Å². The molecule has 2 aliphatic rings. The van der Waals surface area contributed by atoms with E-state index in [9.17, 15) is 9.59 Å². The Morgan fingerprint density at radius 1 is 0.897 bits per heavy atom. The first-order valence-electron chi connectivity index (χ1n) is 9.92. The molecule has 1 aliphatic carbocycles. The van der Waals surface area contributed by atoms with E-state index in [0.717, 1.165) is 23.8 Å². The molecule has 0 N–H and O–H groups in total. The van der Waals surface area contributed by atoms with Gasteiger partial charge in [-0.15, -0.1) is 0 Å². The predicted octanol–water partition coefficient (Wildman–Crippen LogP) is 4.73. The Hall–Kier alpha value is -3.40. The number of carbonyl (C=O) groups is 2. The van der Waals surface area contributed by atoms with Crippen molar-refractivity contribution in [2.75, 3.05) is 13.2 Å². The van der Waals surface area contributed by atoms with E-state index in [2.05, 4.69) is 24.3 Å². The number of hydrogen-bond donors (Lipinski definition) is 0. The van der Waals surface area contributed by atoms with E-state index in [0.29, 0.717) is 6.54 Å². The van der Waals surface area contributed by atoms with Gasteiger partial charge in [0.2, 0.25) is 0 Å². The van der Waals surface area contributed by atoms with Crippen LogP contribution in [-0.2, 0) is 16.0 Å². The molecule has 0 fully saturated rings. The van der Waals surface area contributed by atoms with E-state index in [1.165, 1.54) is 22.3 Å². The Morgan fingerprint density at radius 2 is 1.48 bits per heavy atom. The van der Waals surface area contributed by atoms with E-state index in [1.807, 2.05) is 48.5 Å². The number of benzene rings is 3. The van der Waals surface area contributed by atoms with Crippen LogP contribution in [0.4, 0.5) is 4.79 Å². The zero-order valence-corrected chi connectivity index (χ0v) is 16.0. The summed E-state index contributed by atoms with van der Waals surface area (Å²) in [6, 6.07) is 23.7. The van der Waals surface area contributed by atoms with Crippen molar-refractivity contribution in [1.82, 2.24) is 4.90 Å². The minimum Gasteiger partial charge on any atom is -0.448 e. The van der Waals surface area contributed by atoms with Crippen LogP contribution in [0.25, 0.3) is 11.1 Å². The van der Waals surface area contributed by atoms with Crippen molar-refractivity contribution < 1.29 is 14.3 Å². The standard InChI is InChI=1S/C25H21NO3/c27-15-24-18-8-2-1-7-17(18)13-14-26(24)25(28)29-16-23-21-11-5-3-9-19(21)20-10-4-6-12-22(20)23/h1-12,15,23-24H,13-14,16H2/t24-/m1/s1. The smallest absolute Gasteiger partial charge is 0.410 e. The Labute approximate surface area is 169 Å². The topological polar surface area (TPSA) is 46.6 Å². The molecule has 4 heteroatoms. The summed E-state index contributed by atoms with van der Waals surface area (Å²) < 4.78 is 5.75. The normalized spacial score (nSPS) is 17.2. The first kappa shape index (κ1) is 17.7. The summed E-state index contributed by atoms with van der Waals surface area (Å²) in [5.41, 5.74) is 6.76. The summed E-state index contributed by atoms with van der Waals surface area (Å²) in [7, 11) is 0. The molecule has 0 saturated carbocycles. The Bertz CT molecular complexity index is 1050. The number of carbonyl (C=O) groups excluding carboxylic acids is 2. The number of nitrogens with zero attached hydrogens (tertiary/aromatic N) is 1. The van der Waals surface area contributed by atoms with Crippen molar-refractivity contribution >= 4 is 12.4 Å². The lowest BCUT2D eigenvalue weighted by molar-refractivity contribution is -0.112. The van der Waals surface area contributed by atoms with Crippen LogP contribution >= 0.6 is 0 Å². The van der Waals surface area contributed by atoms with Crippen molar-refractivity contribution in [2.45, 2.75) is 18.4 Å². The molecule has 0 saturated heterocycles. The second kappa shape index (κ2) is 7.21. The Morgan fingerprint density at radius 3 is 2.14 bits per heavy atom. The summed E-state index contributed by atoms with van der Waals surface area (Å²) in [5, 5.41) is 0. The Balaban J connectivity index is 1.37. The van der Waals surface area contributed by atoms with Crippen LogP contribution < -0.4 is 0 Å². The third-order valence-corrected chi connectivity index (χ3v) is 6.03. The van der Waals surface area contributed by atoms with Gasteiger partial charge in [0, 0.05) is 12.5 Å². The third-order valence-electron chi connectivity index (χ3n) is 6.03. The molecule has 3 aromatic rings. The minimum absolute atomic E-state index is 0.0121. The zero-order valence-electron chi connectivity index (χ0n) is 16.0. The average Bonchev–Trinajstić information content (AvgIpc) is 3.10. The van der Waals surface area contributed by atoms with E-state index < -0.39 is 12.1 Å². The van der Waals surface area contributed by atoms with Gasteiger partial charge in [-0.1, -0.05) is 72.8 Å². The lowest BCUT2D eigenvalue weighted by atomic mass is 9.94. The molecule has 0 bridgehead atoms. The molecule has 1 aliphatic heterocycles. The summed E-state index contributed by atoms with van der Waals surface area (Å²) in [6.07, 6.45) is 1.13.